The van der Waals surface area contributed by atoms with E-state index in [9.17, 15) is 72.9 Å². The number of aromatic nitrogens is 1. The number of carbonyl (C=O) groups excluding carboxylic acids is 9. The number of carbonyl (C=O) groups is 12. The first-order valence-corrected chi connectivity index (χ1v) is 30.6. The van der Waals surface area contributed by atoms with Gasteiger partial charge in [0.25, 0.3) is 0 Å². The number of hydrogen-bond acceptors (Lipinski definition) is 15. The molecule has 0 spiro atoms. The predicted octanol–water partition coefficient (Wildman–Crippen LogP) is 0.373. The molecule has 0 aliphatic rings. The van der Waals surface area contributed by atoms with E-state index < -0.39 is 162 Å². The van der Waals surface area contributed by atoms with Gasteiger partial charge in [0.2, 0.25) is 53.2 Å². The van der Waals surface area contributed by atoms with Gasteiger partial charge in [0.05, 0.1) is 19.1 Å². The molecule has 2 aromatic carbocycles. The first-order chi connectivity index (χ1) is 42.6. The van der Waals surface area contributed by atoms with Crippen LogP contribution in [0.2, 0.25) is 0 Å². The van der Waals surface area contributed by atoms with Crippen LogP contribution in [0, 0.1) is 23.7 Å². The van der Waals surface area contributed by atoms with Crippen molar-refractivity contribution in [2.24, 2.45) is 35.1 Å². The molecule has 28 heteroatoms. The van der Waals surface area contributed by atoms with Crippen molar-refractivity contribution in [3.8, 4) is 0 Å². The maximum Gasteiger partial charge on any atom is 0.326 e. The van der Waals surface area contributed by atoms with Gasteiger partial charge in [-0.3, -0.25) is 52.7 Å². The number of aromatic amines is 1. The van der Waals surface area contributed by atoms with E-state index >= 15 is 0 Å². The van der Waals surface area contributed by atoms with Gasteiger partial charge < -0.3 is 84.7 Å². The second-order valence-electron chi connectivity index (χ2n) is 23.3. The number of nitrogens with one attached hydrogen (secondary N) is 10. The summed E-state index contributed by atoms with van der Waals surface area (Å²) >= 11 is 0. The van der Waals surface area contributed by atoms with E-state index in [2.05, 4.69) is 52.8 Å². The number of hydrogen-bond donors (Lipinski definition) is 16. The molecule has 0 radical (unpaired) electrons. The lowest BCUT2D eigenvalue weighted by Gasteiger charge is -2.31. The number of aliphatic hydroxyl groups excluding tert-OH is 1. The SMILES string of the molecule is CC[C@H](C)[C@H](NC(=O)[C@H](CC(=O)O)NC(=O)[C@H](CCCCN)NC(=O)[C@H](CO)NC(=O)[C@H](Cc1c[nH]c2ccccc12)NC(=O)[C@H](Cc1ccccc1)NC(=O)[C@@H](NC(=O)[C@H](CC(C)C)NC(=O)[C@@H](NC(=O)[C@@H](N)CCC(=O)O)[C@@H](C)CC)[C@@H](C)CC)C(=O)O. The number of nitrogens with two attached hydrogens (primary N) is 2. The van der Waals surface area contributed by atoms with E-state index in [1.54, 1.807) is 102 Å². The summed E-state index contributed by atoms with van der Waals surface area (Å²) in [5, 5.41) is 63.1. The molecule has 13 atom stereocenters. The number of carboxylic acids is 3. The Morgan fingerprint density at radius 2 is 0.944 bits per heavy atom. The largest absolute Gasteiger partial charge is 0.481 e. The van der Waals surface area contributed by atoms with Crippen molar-refractivity contribution in [2.75, 3.05) is 13.2 Å². The zero-order valence-corrected chi connectivity index (χ0v) is 52.6. The minimum Gasteiger partial charge on any atom is -0.481 e. The molecule has 9 amide bonds. The van der Waals surface area contributed by atoms with Crippen LogP contribution in [-0.4, -0.2) is 170 Å². The van der Waals surface area contributed by atoms with Crippen molar-refractivity contribution in [3.05, 3.63) is 71.9 Å². The molecule has 1 heterocycles. The highest BCUT2D eigenvalue weighted by Crippen LogP contribution is 2.21. The number of benzene rings is 2. The van der Waals surface area contributed by atoms with E-state index in [1.807, 2.05) is 13.8 Å². The maximum absolute atomic E-state index is 14.9. The highest BCUT2D eigenvalue weighted by molar-refractivity contribution is 5.99. The van der Waals surface area contributed by atoms with Gasteiger partial charge in [-0.2, -0.15) is 0 Å². The Bertz CT molecular complexity index is 2910. The third kappa shape index (κ3) is 24.5. The fourth-order valence-corrected chi connectivity index (χ4v) is 9.71. The van der Waals surface area contributed by atoms with Crippen molar-refractivity contribution < 1.29 is 78.0 Å². The van der Waals surface area contributed by atoms with Gasteiger partial charge >= 0.3 is 17.9 Å². The van der Waals surface area contributed by atoms with Gasteiger partial charge in [-0.25, -0.2) is 4.79 Å². The molecule has 1 aromatic heterocycles. The molecule has 28 nitrogen and oxygen atoms in total. The van der Waals surface area contributed by atoms with Crippen molar-refractivity contribution in [3.63, 3.8) is 0 Å². The van der Waals surface area contributed by atoms with Gasteiger partial charge in [0, 0.05) is 36.4 Å². The number of carboxylic acid groups (broad SMARTS) is 3. The quantitative estimate of drug-likeness (QED) is 0.0341. The molecule has 90 heavy (non-hydrogen) atoms. The van der Waals surface area contributed by atoms with E-state index in [4.69, 9.17) is 16.6 Å². The lowest BCUT2D eigenvalue weighted by atomic mass is 9.94. The summed E-state index contributed by atoms with van der Waals surface area (Å²) in [6.07, 6.45) is 1.26. The molecule has 0 saturated carbocycles. The van der Waals surface area contributed by atoms with Crippen molar-refractivity contribution >= 4 is 82.0 Å². The zero-order valence-electron chi connectivity index (χ0n) is 52.6. The highest BCUT2D eigenvalue weighted by atomic mass is 16.4. The molecule has 3 aromatic rings. The summed E-state index contributed by atoms with van der Waals surface area (Å²) in [4.78, 5) is 166. The Balaban J connectivity index is 2.02. The average Bonchev–Trinajstić information content (AvgIpc) is 1.73. The number of amides is 9. The number of aliphatic hydroxyl groups is 1. The Kier molecular flexibility index (Phi) is 32.1. The number of H-pyrrole nitrogens is 1. The Labute approximate surface area is 524 Å². The van der Waals surface area contributed by atoms with E-state index in [0.29, 0.717) is 47.7 Å². The van der Waals surface area contributed by atoms with Crippen LogP contribution in [0.5, 0.6) is 0 Å². The number of unbranched alkanes of at least 4 members (excludes halogenated alkanes) is 1. The molecule has 0 bridgehead atoms. The summed E-state index contributed by atoms with van der Waals surface area (Å²) in [6.45, 7) is 12.9. The summed E-state index contributed by atoms with van der Waals surface area (Å²) in [5.41, 5.74) is 13.4. The first kappa shape index (κ1) is 75.7. The molecule has 498 valence electrons. The standard InChI is InChI=1S/C62H94N12O16/c1-9-34(6)50(72-53(80)40(64)24-25-48(76)77)60(87)69-43(27-33(4)5)57(84)73-51(35(7)10-2)61(88)70-44(28-37-19-13-12-14-20-37)55(82)67-45(29-38-31-65-41-22-16-15-21-39(38)41)56(83)71-47(32-75)59(86)66-42(23-17-18-26-63)54(81)68-46(30-49(78)79)58(85)74-52(62(89)90)36(8)11-3/h12-16,19-22,31,33-36,40,42-47,50-52,65,75H,9-11,17-18,23-30,32,63-64H2,1-8H3,(H,66,86)(H,67,82)(H,68,81)(H,69,87)(H,70,88)(H,71,83)(H,72,80)(H,73,84)(H,74,85)(H,76,77)(H,78,79)(H,89,90)/t34-,35-,36-,40-,42-,43-,44-,45-,46-,47-,50-,51-,52-/m0/s1. The number of fused-ring (bicyclic) bond motifs is 1. The lowest BCUT2D eigenvalue weighted by molar-refractivity contribution is -0.145. The van der Waals surface area contributed by atoms with Gasteiger partial charge in [-0.05, 0) is 79.5 Å². The summed E-state index contributed by atoms with van der Waals surface area (Å²) < 4.78 is 0. The van der Waals surface area contributed by atoms with Gasteiger partial charge in [0.15, 0.2) is 0 Å². The monoisotopic (exact) mass is 1260 g/mol. The van der Waals surface area contributed by atoms with E-state index in [0.717, 1.165) is 0 Å². The van der Waals surface area contributed by atoms with Crippen LogP contribution in [0.3, 0.4) is 0 Å². The minimum absolute atomic E-state index is 0.0832. The van der Waals surface area contributed by atoms with Crippen LogP contribution in [0.25, 0.3) is 10.9 Å². The van der Waals surface area contributed by atoms with Gasteiger partial charge in [0.1, 0.15) is 54.4 Å². The smallest absolute Gasteiger partial charge is 0.326 e. The fourth-order valence-electron chi connectivity index (χ4n) is 9.71. The number of aliphatic carboxylic acids is 3. The van der Waals surface area contributed by atoms with Crippen LogP contribution in [-0.2, 0) is 70.4 Å². The van der Waals surface area contributed by atoms with Crippen LogP contribution in [0.1, 0.15) is 131 Å². The molecule has 0 aliphatic heterocycles. The summed E-state index contributed by atoms with van der Waals surface area (Å²) in [6, 6.07) is 1.01. The average molecular weight is 1260 g/mol. The van der Waals surface area contributed by atoms with Crippen LogP contribution >= 0.6 is 0 Å². The number of rotatable bonds is 41. The first-order valence-electron chi connectivity index (χ1n) is 30.6. The van der Waals surface area contributed by atoms with Crippen LogP contribution in [0.15, 0.2) is 60.8 Å². The fraction of sp³-hybridized carbons (Fsp3) is 0.581. The Morgan fingerprint density at radius 1 is 0.489 bits per heavy atom. The van der Waals surface area contributed by atoms with Crippen molar-refractivity contribution in [2.45, 2.75) is 193 Å². The second kappa shape index (κ2) is 38.1. The summed E-state index contributed by atoms with van der Waals surface area (Å²) in [7, 11) is 0. The molecule has 0 saturated heterocycles. The van der Waals surface area contributed by atoms with Crippen LogP contribution in [0.4, 0.5) is 0 Å². The Morgan fingerprint density at radius 3 is 1.49 bits per heavy atom. The third-order valence-electron chi connectivity index (χ3n) is 15.8. The van der Waals surface area contributed by atoms with E-state index in [-0.39, 0.29) is 57.4 Å². The maximum atomic E-state index is 14.9. The molecule has 18 N–H and O–H groups in total. The topological polar surface area (TPSA) is 462 Å². The Hall–Kier alpha value is -8.50. The molecule has 0 unspecified atom stereocenters. The van der Waals surface area contributed by atoms with Crippen molar-refractivity contribution in [1.29, 1.82) is 0 Å². The second-order valence-corrected chi connectivity index (χ2v) is 23.3. The normalized spacial score (nSPS) is 15.6. The summed E-state index contributed by atoms with van der Waals surface area (Å²) in [5.74, 6) is -14.2. The lowest BCUT2D eigenvalue weighted by Crippen LogP contribution is -2.62. The zero-order chi connectivity index (χ0) is 67.4. The predicted molar refractivity (Wildman–Crippen MR) is 332 cm³/mol. The molecule has 3 rings (SSSR count). The van der Waals surface area contributed by atoms with Gasteiger partial charge in [-0.15, -0.1) is 0 Å². The van der Waals surface area contributed by atoms with E-state index in [1.165, 1.54) is 0 Å². The molecule has 0 fully saturated rings. The highest BCUT2D eigenvalue weighted by Gasteiger charge is 2.38. The van der Waals surface area contributed by atoms with Gasteiger partial charge in [-0.1, -0.05) is 123 Å². The third-order valence-corrected chi connectivity index (χ3v) is 15.8. The minimum atomic E-state index is -1.81. The molecule has 0 aliphatic carbocycles. The molecular formula is C62H94N12O16. The van der Waals surface area contributed by atoms with Crippen molar-refractivity contribution in [1.82, 2.24) is 52.8 Å². The molecular weight excluding hydrogens is 1170 g/mol. The number of para-hydroxylation sites is 1. The van der Waals surface area contributed by atoms with Crippen LogP contribution < -0.4 is 59.3 Å².